The van der Waals surface area contributed by atoms with Crippen molar-refractivity contribution in [2.75, 3.05) is 20.2 Å². The van der Waals surface area contributed by atoms with Gasteiger partial charge in [-0.3, -0.25) is 9.59 Å². The number of rotatable bonds is 5. The largest absolute Gasteiger partial charge is 0.496 e. The molecule has 134 valence electrons. The summed E-state index contributed by atoms with van der Waals surface area (Å²) in [5.41, 5.74) is 1.13. The highest BCUT2D eigenvalue weighted by Crippen LogP contribution is 2.50. The average molecular weight is 342 g/mol. The van der Waals surface area contributed by atoms with Gasteiger partial charge >= 0.3 is 0 Å². The molecule has 2 saturated carbocycles. The second-order valence-corrected chi connectivity index (χ2v) is 7.57. The quantitative estimate of drug-likeness (QED) is 0.893. The zero-order valence-corrected chi connectivity index (χ0v) is 14.7. The van der Waals surface area contributed by atoms with Crippen molar-refractivity contribution in [3.05, 3.63) is 29.8 Å². The minimum absolute atomic E-state index is 0.0578. The van der Waals surface area contributed by atoms with E-state index in [1.807, 2.05) is 23.1 Å². The first-order valence-corrected chi connectivity index (χ1v) is 9.39. The summed E-state index contributed by atoms with van der Waals surface area (Å²) in [4.78, 5) is 26.6. The molecule has 1 heterocycles. The van der Waals surface area contributed by atoms with Crippen LogP contribution in [0.25, 0.3) is 0 Å². The maximum Gasteiger partial charge on any atom is 0.225 e. The van der Waals surface area contributed by atoms with E-state index in [-0.39, 0.29) is 23.8 Å². The second-order valence-electron chi connectivity index (χ2n) is 7.57. The number of methoxy groups -OCH3 is 1. The molecule has 5 nitrogen and oxygen atoms in total. The van der Waals surface area contributed by atoms with Gasteiger partial charge < -0.3 is 15.0 Å². The summed E-state index contributed by atoms with van der Waals surface area (Å²) in [6, 6.07) is 8.16. The highest BCUT2D eigenvalue weighted by Gasteiger charge is 2.46. The number of hydrogen-bond donors (Lipinski definition) is 1. The zero-order chi connectivity index (χ0) is 17.4. The molecule has 3 fully saturated rings. The van der Waals surface area contributed by atoms with Crippen molar-refractivity contribution >= 4 is 11.8 Å². The number of nitrogens with zero attached hydrogens (tertiary/aromatic N) is 1. The first-order chi connectivity index (χ1) is 12.2. The van der Waals surface area contributed by atoms with Gasteiger partial charge in [0, 0.05) is 31.0 Å². The van der Waals surface area contributed by atoms with Gasteiger partial charge in [-0.2, -0.15) is 0 Å². The van der Waals surface area contributed by atoms with Crippen LogP contribution in [0.1, 0.15) is 43.6 Å². The molecule has 0 bridgehead atoms. The van der Waals surface area contributed by atoms with Crippen LogP contribution in [0.2, 0.25) is 0 Å². The van der Waals surface area contributed by atoms with Crippen LogP contribution in [-0.4, -0.2) is 43.0 Å². The van der Waals surface area contributed by atoms with Gasteiger partial charge in [-0.15, -0.1) is 0 Å². The molecule has 2 amide bonds. The topological polar surface area (TPSA) is 58.6 Å². The molecule has 25 heavy (non-hydrogen) atoms. The normalized spacial score (nSPS) is 26.2. The third kappa shape index (κ3) is 3.51. The number of hydrogen-bond acceptors (Lipinski definition) is 3. The molecule has 5 heteroatoms. The Morgan fingerprint density at radius 3 is 2.52 bits per heavy atom. The number of nitrogens with one attached hydrogen (secondary N) is 1. The molecule has 4 rings (SSSR count). The van der Waals surface area contributed by atoms with Crippen LogP contribution in [0.5, 0.6) is 5.75 Å². The maximum absolute atomic E-state index is 12.6. The standard InChI is InChI=1S/C20H26N2O3/c1-25-18-5-3-2-4-15(18)16-12-17(16)19(23)21-14-8-10-22(11-9-14)20(24)13-6-7-13/h2-5,13-14,16-17H,6-12H2,1H3,(H,21,23)/t16-,17-/m1/s1. The van der Waals surface area contributed by atoms with Gasteiger partial charge in [-0.25, -0.2) is 0 Å². The lowest BCUT2D eigenvalue weighted by molar-refractivity contribution is -0.133. The summed E-state index contributed by atoms with van der Waals surface area (Å²) in [5, 5.41) is 3.20. The fourth-order valence-electron chi connectivity index (χ4n) is 3.94. The van der Waals surface area contributed by atoms with Crippen molar-refractivity contribution in [2.24, 2.45) is 11.8 Å². The van der Waals surface area contributed by atoms with E-state index < -0.39 is 0 Å². The smallest absolute Gasteiger partial charge is 0.225 e. The summed E-state index contributed by atoms with van der Waals surface area (Å²) in [6.45, 7) is 1.56. The van der Waals surface area contributed by atoms with Crippen LogP contribution in [0.4, 0.5) is 0 Å². The number of carbonyl (C=O) groups excluding carboxylic acids is 2. The molecule has 1 aliphatic heterocycles. The van der Waals surface area contributed by atoms with Crippen LogP contribution in [0.3, 0.4) is 0 Å². The first kappa shape index (κ1) is 16.4. The second kappa shape index (κ2) is 6.70. The van der Waals surface area contributed by atoms with Crippen molar-refractivity contribution < 1.29 is 14.3 Å². The van der Waals surface area contributed by atoms with Crippen molar-refractivity contribution in [3.8, 4) is 5.75 Å². The van der Waals surface area contributed by atoms with Gasteiger partial charge in [0.15, 0.2) is 0 Å². The Morgan fingerprint density at radius 1 is 1.12 bits per heavy atom. The monoisotopic (exact) mass is 342 g/mol. The number of piperidine rings is 1. The SMILES string of the molecule is COc1ccccc1[C@H]1C[C@H]1C(=O)NC1CCN(C(=O)C2CC2)CC1. The fourth-order valence-corrected chi connectivity index (χ4v) is 3.94. The minimum atomic E-state index is 0.0578. The Hall–Kier alpha value is -2.04. The molecule has 1 N–H and O–H groups in total. The predicted octanol–water partition coefficient (Wildman–Crippen LogP) is 2.32. The number of ether oxygens (including phenoxy) is 1. The lowest BCUT2D eigenvalue weighted by Crippen LogP contribution is -2.47. The summed E-state index contributed by atoms with van der Waals surface area (Å²) in [5.74, 6) is 1.97. The molecule has 3 aliphatic rings. The van der Waals surface area contributed by atoms with Gasteiger partial charge in [-0.1, -0.05) is 18.2 Å². The van der Waals surface area contributed by atoms with Crippen molar-refractivity contribution in [1.82, 2.24) is 10.2 Å². The number of likely N-dealkylation sites (tertiary alicyclic amines) is 1. The van der Waals surface area contributed by atoms with Crippen LogP contribution in [-0.2, 0) is 9.59 Å². The summed E-state index contributed by atoms with van der Waals surface area (Å²) >= 11 is 0. The minimum Gasteiger partial charge on any atom is -0.496 e. The Labute approximate surface area is 148 Å². The molecule has 1 aromatic rings. The molecular weight excluding hydrogens is 316 g/mol. The molecule has 0 unspecified atom stereocenters. The zero-order valence-electron chi connectivity index (χ0n) is 14.7. The van der Waals surface area contributed by atoms with E-state index in [0.29, 0.717) is 11.8 Å². The number of carbonyl (C=O) groups is 2. The molecular formula is C20H26N2O3. The van der Waals surface area contributed by atoms with E-state index in [1.165, 1.54) is 0 Å². The molecule has 0 aromatic heterocycles. The van der Waals surface area contributed by atoms with E-state index in [1.54, 1.807) is 7.11 Å². The average Bonchev–Trinajstić information content (AvgIpc) is 3.55. The first-order valence-electron chi connectivity index (χ1n) is 9.39. The van der Waals surface area contributed by atoms with Gasteiger partial charge in [0.05, 0.1) is 7.11 Å². The lowest BCUT2D eigenvalue weighted by atomic mass is 10.0. The molecule has 0 spiro atoms. The van der Waals surface area contributed by atoms with Crippen molar-refractivity contribution in [2.45, 2.75) is 44.1 Å². The molecule has 0 radical (unpaired) electrons. The summed E-state index contributed by atoms with van der Waals surface area (Å²) < 4.78 is 5.41. The van der Waals surface area contributed by atoms with E-state index in [2.05, 4.69) is 11.4 Å². The highest BCUT2D eigenvalue weighted by atomic mass is 16.5. The Balaban J connectivity index is 1.27. The Bertz CT molecular complexity index is 663. The van der Waals surface area contributed by atoms with E-state index in [0.717, 1.165) is 56.5 Å². The van der Waals surface area contributed by atoms with E-state index >= 15 is 0 Å². The van der Waals surface area contributed by atoms with Crippen LogP contribution >= 0.6 is 0 Å². The Morgan fingerprint density at radius 2 is 1.84 bits per heavy atom. The van der Waals surface area contributed by atoms with Crippen LogP contribution < -0.4 is 10.1 Å². The summed E-state index contributed by atoms with van der Waals surface area (Å²) in [6.07, 6.45) is 4.75. The van der Waals surface area contributed by atoms with Gasteiger partial charge in [0.2, 0.25) is 11.8 Å². The lowest BCUT2D eigenvalue weighted by Gasteiger charge is -2.32. The Kier molecular flexibility index (Phi) is 4.40. The molecule has 2 atom stereocenters. The number of benzene rings is 1. The third-order valence-electron chi connectivity index (χ3n) is 5.75. The maximum atomic E-state index is 12.6. The molecule has 2 aliphatic carbocycles. The van der Waals surface area contributed by atoms with Crippen LogP contribution in [0.15, 0.2) is 24.3 Å². The fraction of sp³-hybridized carbons (Fsp3) is 0.600. The number of para-hydroxylation sites is 1. The number of amides is 2. The predicted molar refractivity (Wildman–Crippen MR) is 94.3 cm³/mol. The third-order valence-corrected chi connectivity index (χ3v) is 5.75. The highest BCUT2D eigenvalue weighted by molar-refractivity contribution is 5.83. The molecule has 1 aromatic carbocycles. The van der Waals surface area contributed by atoms with Gasteiger partial charge in [0.1, 0.15) is 5.75 Å². The van der Waals surface area contributed by atoms with Crippen molar-refractivity contribution in [3.63, 3.8) is 0 Å². The van der Waals surface area contributed by atoms with Crippen molar-refractivity contribution in [1.29, 1.82) is 0 Å². The summed E-state index contributed by atoms with van der Waals surface area (Å²) in [7, 11) is 1.67. The van der Waals surface area contributed by atoms with E-state index in [4.69, 9.17) is 4.74 Å². The van der Waals surface area contributed by atoms with Gasteiger partial charge in [0.25, 0.3) is 0 Å². The van der Waals surface area contributed by atoms with Gasteiger partial charge in [-0.05, 0) is 49.7 Å². The van der Waals surface area contributed by atoms with E-state index in [9.17, 15) is 9.59 Å². The molecule has 1 saturated heterocycles. The van der Waals surface area contributed by atoms with Crippen LogP contribution in [0, 0.1) is 11.8 Å².